The third-order valence-corrected chi connectivity index (χ3v) is 7.58. The van der Waals surface area contributed by atoms with Crippen LogP contribution < -0.4 is 5.32 Å². The fourth-order valence-electron chi connectivity index (χ4n) is 5.20. The summed E-state index contributed by atoms with van der Waals surface area (Å²) in [5.41, 5.74) is -0.801. The Morgan fingerprint density at radius 1 is 1.45 bits per heavy atom. The van der Waals surface area contributed by atoms with E-state index in [1.165, 1.54) is 4.90 Å². The molecule has 3 aliphatic heterocycles. The monoisotopic (exact) mass is 514 g/mol. The fourth-order valence-corrected chi connectivity index (χ4v) is 6.33. The average Bonchev–Trinajstić information content (AvgIpc) is 3.32. The molecule has 2 amide bonds. The standard InChI is InChI=1S/C21H24BrClN2O6/c1-3-30-20(29)14-15-19(28)25(10(2)9-26)17(21(15)8-11(22)16(14)31-21)18(27)24-13-7-5-4-6-12(13)23/h4-7,10-11,14-17,26H,3,8-9H2,1-2H3,(H,24,27)/t10-,11?,14-,15+,16-,17?,21?/m1/s1. The maximum absolute atomic E-state index is 13.5. The highest BCUT2D eigenvalue weighted by Crippen LogP contribution is 2.60. The minimum atomic E-state index is -1.21. The van der Waals surface area contributed by atoms with Crippen LogP contribution >= 0.6 is 27.5 Å². The van der Waals surface area contributed by atoms with E-state index in [1.54, 1.807) is 38.1 Å². The largest absolute Gasteiger partial charge is 0.466 e. The van der Waals surface area contributed by atoms with Crippen molar-refractivity contribution in [2.24, 2.45) is 11.8 Å². The molecule has 10 heteroatoms. The van der Waals surface area contributed by atoms with Crippen molar-refractivity contribution >= 4 is 51.0 Å². The Morgan fingerprint density at radius 2 is 2.16 bits per heavy atom. The maximum Gasteiger partial charge on any atom is 0.312 e. The van der Waals surface area contributed by atoms with Gasteiger partial charge in [0.2, 0.25) is 11.8 Å². The molecule has 168 valence electrons. The number of nitrogens with zero attached hydrogens (tertiary/aromatic N) is 1. The van der Waals surface area contributed by atoms with E-state index in [0.717, 1.165) is 0 Å². The number of nitrogens with one attached hydrogen (secondary N) is 1. The third-order valence-electron chi connectivity index (χ3n) is 6.40. The van der Waals surface area contributed by atoms with Gasteiger partial charge in [0.25, 0.3) is 0 Å². The second-order valence-corrected chi connectivity index (χ2v) is 9.75. The number of carbonyl (C=O) groups is 3. The van der Waals surface area contributed by atoms with E-state index in [4.69, 9.17) is 21.1 Å². The summed E-state index contributed by atoms with van der Waals surface area (Å²) in [5, 5.41) is 13.0. The summed E-state index contributed by atoms with van der Waals surface area (Å²) in [5.74, 6) is -3.06. The van der Waals surface area contributed by atoms with Crippen LogP contribution in [-0.4, -0.2) is 69.6 Å². The summed E-state index contributed by atoms with van der Waals surface area (Å²) in [4.78, 5) is 41.0. The van der Waals surface area contributed by atoms with Crippen LogP contribution in [0.15, 0.2) is 24.3 Å². The Bertz CT molecular complexity index is 916. The van der Waals surface area contributed by atoms with Gasteiger partial charge >= 0.3 is 5.97 Å². The van der Waals surface area contributed by atoms with Gasteiger partial charge in [-0.3, -0.25) is 14.4 Å². The number of fused-ring (bicyclic) bond motifs is 1. The molecule has 3 unspecified atom stereocenters. The van der Waals surface area contributed by atoms with Crippen LogP contribution in [0.4, 0.5) is 5.69 Å². The zero-order valence-electron chi connectivity index (χ0n) is 17.1. The van der Waals surface area contributed by atoms with E-state index in [2.05, 4.69) is 21.2 Å². The zero-order chi connectivity index (χ0) is 22.5. The van der Waals surface area contributed by atoms with Gasteiger partial charge in [0.15, 0.2) is 0 Å². The van der Waals surface area contributed by atoms with Crippen molar-refractivity contribution in [1.29, 1.82) is 0 Å². The number of alkyl halides is 1. The molecule has 1 aromatic carbocycles. The fraction of sp³-hybridized carbons (Fsp3) is 0.571. The van der Waals surface area contributed by atoms with Gasteiger partial charge in [-0.1, -0.05) is 39.7 Å². The number of ether oxygens (including phenoxy) is 2. The number of carbonyl (C=O) groups excluding carboxylic acids is 3. The smallest absolute Gasteiger partial charge is 0.312 e. The molecule has 3 heterocycles. The average molecular weight is 516 g/mol. The molecule has 2 bridgehead atoms. The van der Waals surface area contributed by atoms with Crippen LogP contribution in [0.2, 0.25) is 5.02 Å². The number of benzene rings is 1. The third kappa shape index (κ3) is 3.37. The first-order valence-corrected chi connectivity index (χ1v) is 11.5. The molecule has 0 radical (unpaired) electrons. The number of aliphatic hydroxyl groups excluding tert-OH is 1. The number of para-hydroxylation sites is 1. The molecule has 4 rings (SSSR count). The van der Waals surface area contributed by atoms with Crippen LogP contribution in [0.1, 0.15) is 20.3 Å². The van der Waals surface area contributed by atoms with Crippen molar-refractivity contribution in [1.82, 2.24) is 4.90 Å². The summed E-state index contributed by atoms with van der Waals surface area (Å²) >= 11 is 9.78. The van der Waals surface area contributed by atoms with Gasteiger partial charge in [0, 0.05) is 4.83 Å². The molecule has 8 nitrogen and oxygen atoms in total. The summed E-state index contributed by atoms with van der Waals surface area (Å²) in [6.07, 6.45) is -0.200. The molecule has 7 atom stereocenters. The number of amides is 2. The van der Waals surface area contributed by atoms with E-state index in [0.29, 0.717) is 17.1 Å². The van der Waals surface area contributed by atoms with Crippen LogP contribution in [-0.2, 0) is 23.9 Å². The van der Waals surface area contributed by atoms with Crippen molar-refractivity contribution in [3.05, 3.63) is 29.3 Å². The Morgan fingerprint density at radius 3 is 2.81 bits per heavy atom. The van der Waals surface area contributed by atoms with Gasteiger partial charge in [-0.25, -0.2) is 0 Å². The lowest BCUT2D eigenvalue weighted by Crippen LogP contribution is -2.56. The van der Waals surface area contributed by atoms with Crippen molar-refractivity contribution in [3.63, 3.8) is 0 Å². The van der Waals surface area contributed by atoms with Crippen LogP contribution in [0.5, 0.6) is 0 Å². The number of esters is 1. The highest BCUT2D eigenvalue weighted by atomic mass is 79.9. The number of hydrogen-bond donors (Lipinski definition) is 2. The first-order chi connectivity index (χ1) is 14.8. The van der Waals surface area contributed by atoms with E-state index in [-0.39, 0.29) is 23.9 Å². The Hall–Kier alpha value is -1.68. The molecule has 3 saturated heterocycles. The molecule has 1 spiro atoms. The quantitative estimate of drug-likeness (QED) is 0.443. The highest BCUT2D eigenvalue weighted by Gasteiger charge is 2.77. The molecule has 2 N–H and O–H groups in total. The minimum absolute atomic E-state index is 0.177. The number of likely N-dealkylation sites (tertiary alicyclic amines) is 1. The number of halogens is 2. The zero-order valence-corrected chi connectivity index (χ0v) is 19.4. The van der Waals surface area contributed by atoms with Gasteiger partial charge < -0.3 is 24.8 Å². The first kappa shape index (κ1) is 22.5. The molecular weight excluding hydrogens is 492 g/mol. The molecule has 1 aromatic rings. The van der Waals surface area contributed by atoms with Crippen molar-refractivity contribution in [3.8, 4) is 0 Å². The maximum atomic E-state index is 13.5. The lowest BCUT2D eigenvalue weighted by molar-refractivity contribution is -0.155. The Labute approximate surface area is 193 Å². The van der Waals surface area contributed by atoms with Gasteiger partial charge in [-0.05, 0) is 32.4 Å². The molecule has 0 aromatic heterocycles. The number of rotatable bonds is 6. The molecule has 3 fully saturated rings. The van der Waals surface area contributed by atoms with Crippen LogP contribution in [0, 0.1) is 11.8 Å². The van der Waals surface area contributed by atoms with E-state index in [9.17, 15) is 19.5 Å². The van der Waals surface area contributed by atoms with Crippen LogP contribution in [0.25, 0.3) is 0 Å². The molecular formula is C21H24BrClN2O6. The lowest BCUT2D eigenvalue weighted by Gasteiger charge is -2.35. The number of aliphatic hydroxyl groups is 1. The van der Waals surface area contributed by atoms with Gasteiger partial charge in [0.1, 0.15) is 11.6 Å². The van der Waals surface area contributed by atoms with E-state index >= 15 is 0 Å². The van der Waals surface area contributed by atoms with Gasteiger partial charge in [-0.2, -0.15) is 0 Å². The second kappa shape index (κ2) is 8.35. The Balaban J connectivity index is 1.76. The summed E-state index contributed by atoms with van der Waals surface area (Å²) in [7, 11) is 0. The SMILES string of the molecule is CCOC(=O)[C@H]1[C@@H]2OC3(CC2Br)C(C(=O)Nc2ccccc2Cl)N([C@H](C)CO)C(=O)[C@H]13. The summed E-state index contributed by atoms with van der Waals surface area (Å²) < 4.78 is 11.5. The highest BCUT2D eigenvalue weighted by molar-refractivity contribution is 9.09. The second-order valence-electron chi connectivity index (χ2n) is 8.16. The summed E-state index contributed by atoms with van der Waals surface area (Å²) in [6.45, 7) is 3.19. The van der Waals surface area contributed by atoms with Crippen molar-refractivity contribution in [2.75, 3.05) is 18.5 Å². The van der Waals surface area contributed by atoms with E-state index < -0.39 is 47.5 Å². The van der Waals surface area contributed by atoms with E-state index in [1.807, 2.05) is 0 Å². The predicted octanol–water partition coefficient (Wildman–Crippen LogP) is 1.97. The van der Waals surface area contributed by atoms with Gasteiger partial charge in [-0.15, -0.1) is 0 Å². The first-order valence-electron chi connectivity index (χ1n) is 10.2. The normalized spacial score (nSPS) is 34.5. The number of hydrogen-bond acceptors (Lipinski definition) is 6. The molecule has 31 heavy (non-hydrogen) atoms. The van der Waals surface area contributed by atoms with Crippen molar-refractivity contribution in [2.45, 2.75) is 48.9 Å². The number of anilines is 1. The van der Waals surface area contributed by atoms with Crippen LogP contribution in [0.3, 0.4) is 0 Å². The topological polar surface area (TPSA) is 105 Å². The van der Waals surface area contributed by atoms with Gasteiger partial charge in [0.05, 0.1) is 47.9 Å². The Kier molecular flexibility index (Phi) is 6.06. The molecule has 0 aliphatic carbocycles. The van der Waals surface area contributed by atoms with Crippen molar-refractivity contribution < 1.29 is 29.0 Å². The lowest BCUT2D eigenvalue weighted by atomic mass is 9.70. The predicted molar refractivity (Wildman–Crippen MR) is 116 cm³/mol. The molecule has 0 saturated carbocycles. The molecule has 3 aliphatic rings. The minimum Gasteiger partial charge on any atom is -0.466 e. The summed E-state index contributed by atoms with van der Waals surface area (Å²) in [6, 6.07) is 5.11.